The number of aliphatic imine (C=N–C) groups is 1. The van der Waals surface area contributed by atoms with Crippen molar-refractivity contribution in [2.24, 2.45) is 4.99 Å². The van der Waals surface area contributed by atoms with Crippen LogP contribution in [0.25, 0.3) is 0 Å². The summed E-state index contributed by atoms with van der Waals surface area (Å²) >= 11 is 0. The van der Waals surface area contributed by atoms with Crippen LogP contribution < -0.4 is 16.0 Å². The predicted molar refractivity (Wildman–Crippen MR) is 122 cm³/mol. The fraction of sp³-hybridized carbons (Fsp3) is 0.600. The zero-order valence-corrected chi connectivity index (χ0v) is 19.1. The van der Waals surface area contributed by atoms with Gasteiger partial charge in [0.2, 0.25) is 5.91 Å². The molecule has 6 nitrogen and oxygen atoms in total. The first-order chi connectivity index (χ1) is 12.5. The van der Waals surface area contributed by atoms with Crippen LogP contribution in [0.1, 0.15) is 52.0 Å². The average molecular weight is 490 g/mol. The summed E-state index contributed by atoms with van der Waals surface area (Å²) in [5.74, 6) is 0.413. The van der Waals surface area contributed by atoms with Crippen molar-refractivity contribution in [2.75, 3.05) is 19.6 Å². The van der Waals surface area contributed by atoms with E-state index in [2.05, 4.69) is 34.8 Å². The van der Waals surface area contributed by atoms with Crippen molar-refractivity contribution in [3.63, 3.8) is 0 Å². The Morgan fingerprint density at radius 3 is 2.22 bits per heavy atom. The highest BCUT2D eigenvalue weighted by Gasteiger charge is 2.24. The van der Waals surface area contributed by atoms with Crippen molar-refractivity contribution in [1.29, 1.82) is 0 Å². The SMILES string of the molecule is CCCC(O)(CCC)CNC(=NCC(=O)NCc1ccccc1)NCC.I. The fourth-order valence-electron chi connectivity index (χ4n) is 2.83. The standard InChI is InChI=1S/C20H34N4O2.HI/c1-4-12-20(26,13-5-2)16-24-19(21-6-3)23-15-18(25)22-14-17-10-8-7-9-11-17;/h7-11,26H,4-6,12-16H2,1-3H3,(H,22,25)(H2,21,23,24);1H. The van der Waals surface area contributed by atoms with Gasteiger partial charge in [-0.15, -0.1) is 24.0 Å². The number of benzene rings is 1. The van der Waals surface area contributed by atoms with Crippen molar-refractivity contribution < 1.29 is 9.90 Å². The first-order valence-corrected chi connectivity index (χ1v) is 9.58. The number of hydrogen-bond acceptors (Lipinski definition) is 3. The quantitative estimate of drug-likeness (QED) is 0.218. The summed E-state index contributed by atoms with van der Waals surface area (Å²) in [6.45, 7) is 7.75. The van der Waals surface area contributed by atoms with Gasteiger partial charge in [-0.3, -0.25) is 4.79 Å². The Labute approximate surface area is 180 Å². The topological polar surface area (TPSA) is 85.8 Å². The number of rotatable bonds is 11. The lowest BCUT2D eigenvalue weighted by molar-refractivity contribution is -0.119. The normalized spacial score (nSPS) is 11.5. The largest absolute Gasteiger partial charge is 0.388 e. The van der Waals surface area contributed by atoms with Gasteiger partial charge in [-0.05, 0) is 25.3 Å². The van der Waals surface area contributed by atoms with E-state index in [1.165, 1.54) is 0 Å². The molecule has 1 aromatic carbocycles. The zero-order valence-electron chi connectivity index (χ0n) is 16.8. The van der Waals surface area contributed by atoms with Crippen LogP contribution in [-0.4, -0.2) is 42.2 Å². The maximum atomic E-state index is 12.0. The minimum absolute atomic E-state index is 0. The lowest BCUT2D eigenvalue weighted by Gasteiger charge is -2.28. The molecule has 4 N–H and O–H groups in total. The van der Waals surface area contributed by atoms with Crippen LogP contribution in [0.4, 0.5) is 0 Å². The molecule has 0 unspecified atom stereocenters. The van der Waals surface area contributed by atoms with Crippen LogP contribution in [0.3, 0.4) is 0 Å². The van der Waals surface area contributed by atoms with Gasteiger partial charge in [-0.2, -0.15) is 0 Å². The van der Waals surface area contributed by atoms with E-state index in [0.29, 0.717) is 25.6 Å². The molecule has 154 valence electrons. The Morgan fingerprint density at radius 1 is 1.04 bits per heavy atom. The second kappa shape index (κ2) is 14.7. The lowest BCUT2D eigenvalue weighted by atomic mass is 9.93. The van der Waals surface area contributed by atoms with Crippen LogP contribution in [0, 0.1) is 0 Å². The monoisotopic (exact) mass is 490 g/mol. The van der Waals surface area contributed by atoms with Crippen molar-refractivity contribution >= 4 is 35.8 Å². The molecule has 27 heavy (non-hydrogen) atoms. The third-order valence-electron chi connectivity index (χ3n) is 4.07. The summed E-state index contributed by atoms with van der Waals surface area (Å²) in [5.41, 5.74) is 0.314. The third kappa shape index (κ3) is 11.2. The molecule has 0 saturated carbocycles. The van der Waals surface area contributed by atoms with Gasteiger partial charge in [0.1, 0.15) is 6.54 Å². The number of carbonyl (C=O) groups is 1. The second-order valence-corrected chi connectivity index (χ2v) is 6.54. The van der Waals surface area contributed by atoms with Crippen LogP contribution in [0.15, 0.2) is 35.3 Å². The van der Waals surface area contributed by atoms with Crippen LogP contribution in [-0.2, 0) is 11.3 Å². The highest BCUT2D eigenvalue weighted by Crippen LogP contribution is 2.18. The Kier molecular flexibility index (Phi) is 13.9. The van der Waals surface area contributed by atoms with Gasteiger partial charge in [0.25, 0.3) is 0 Å². The zero-order chi connectivity index (χ0) is 19.3. The molecule has 1 amide bonds. The Morgan fingerprint density at radius 2 is 1.67 bits per heavy atom. The van der Waals surface area contributed by atoms with E-state index in [-0.39, 0.29) is 36.4 Å². The van der Waals surface area contributed by atoms with Crippen molar-refractivity contribution in [3.05, 3.63) is 35.9 Å². The van der Waals surface area contributed by atoms with Gasteiger partial charge >= 0.3 is 0 Å². The molecule has 1 aromatic rings. The molecule has 0 saturated heterocycles. The van der Waals surface area contributed by atoms with E-state index in [1.807, 2.05) is 37.3 Å². The van der Waals surface area contributed by atoms with Crippen LogP contribution in [0.5, 0.6) is 0 Å². The molecule has 0 radical (unpaired) electrons. The molecule has 0 aromatic heterocycles. The molecule has 0 atom stereocenters. The summed E-state index contributed by atoms with van der Waals surface area (Å²) in [6.07, 6.45) is 3.33. The molecule has 1 rings (SSSR count). The van der Waals surface area contributed by atoms with Gasteiger partial charge in [0.05, 0.1) is 5.60 Å². The molecule has 0 fully saturated rings. The Hall–Kier alpha value is -1.35. The maximum Gasteiger partial charge on any atom is 0.242 e. The van der Waals surface area contributed by atoms with Crippen molar-refractivity contribution in [1.82, 2.24) is 16.0 Å². The Bertz CT molecular complexity index is 546. The number of aliphatic hydroxyl groups is 1. The molecule has 0 aliphatic heterocycles. The molecule has 0 aliphatic carbocycles. The van der Waals surface area contributed by atoms with E-state index in [0.717, 1.165) is 31.2 Å². The third-order valence-corrected chi connectivity index (χ3v) is 4.07. The lowest BCUT2D eigenvalue weighted by Crippen LogP contribution is -2.47. The molecule has 0 aliphatic rings. The minimum Gasteiger partial charge on any atom is -0.388 e. The van der Waals surface area contributed by atoms with E-state index in [4.69, 9.17) is 0 Å². The number of halogens is 1. The highest BCUT2D eigenvalue weighted by molar-refractivity contribution is 14.0. The van der Waals surface area contributed by atoms with Crippen LogP contribution >= 0.6 is 24.0 Å². The van der Waals surface area contributed by atoms with Crippen molar-refractivity contribution in [2.45, 2.75) is 58.6 Å². The summed E-state index contributed by atoms with van der Waals surface area (Å²) in [6, 6.07) is 9.78. The summed E-state index contributed by atoms with van der Waals surface area (Å²) in [4.78, 5) is 16.3. The molecule has 0 heterocycles. The van der Waals surface area contributed by atoms with Crippen molar-refractivity contribution in [3.8, 4) is 0 Å². The number of carbonyl (C=O) groups excluding carboxylic acids is 1. The predicted octanol–water partition coefficient (Wildman–Crippen LogP) is 2.81. The molecule has 7 heteroatoms. The van der Waals surface area contributed by atoms with Gasteiger partial charge < -0.3 is 21.1 Å². The maximum absolute atomic E-state index is 12.0. The van der Waals surface area contributed by atoms with Crippen LogP contribution in [0.2, 0.25) is 0 Å². The van der Waals surface area contributed by atoms with E-state index in [1.54, 1.807) is 0 Å². The van der Waals surface area contributed by atoms with Gasteiger partial charge in [0.15, 0.2) is 5.96 Å². The number of amides is 1. The van der Waals surface area contributed by atoms with E-state index < -0.39 is 5.60 Å². The minimum atomic E-state index is -0.741. The highest BCUT2D eigenvalue weighted by atomic mass is 127. The van der Waals surface area contributed by atoms with E-state index >= 15 is 0 Å². The smallest absolute Gasteiger partial charge is 0.242 e. The summed E-state index contributed by atoms with van der Waals surface area (Å²) in [5, 5.41) is 19.8. The summed E-state index contributed by atoms with van der Waals surface area (Å²) < 4.78 is 0. The number of nitrogens with zero attached hydrogens (tertiary/aromatic N) is 1. The molecular formula is C20H35IN4O2. The first-order valence-electron chi connectivity index (χ1n) is 9.58. The molecule has 0 spiro atoms. The summed E-state index contributed by atoms with van der Waals surface area (Å²) in [7, 11) is 0. The molecule has 0 bridgehead atoms. The van der Waals surface area contributed by atoms with Gasteiger partial charge in [0, 0.05) is 19.6 Å². The molecular weight excluding hydrogens is 455 g/mol. The first kappa shape index (κ1) is 25.6. The number of guanidine groups is 1. The Balaban J connectivity index is 0.00000676. The number of nitrogens with one attached hydrogen (secondary N) is 3. The average Bonchev–Trinajstić information content (AvgIpc) is 2.63. The second-order valence-electron chi connectivity index (χ2n) is 6.54. The van der Waals surface area contributed by atoms with Gasteiger partial charge in [-0.1, -0.05) is 57.0 Å². The fourth-order valence-corrected chi connectivity index (χ4v) is 2.83. The number of hydrogen-bond donors (Lipinski definition) is 4. The van der Waals surface area contributed by atoms with E-state index in [9.17, 15) is 9.90 Å². The van der Waals surface area contributed by atoms with Gasteiger partial charge in [-0.25, -0.2) is 4.99 Å².